The molecule has 0 heterocycles. The fourth-order valence-corrected chi connectivity index (χ4v) is 2.38. The van der Waals surface area contributed by atoms with Crippen molar-refractivity contribution >= 4 is 10.1 Å². The molecular formula is C16H22F4O4S. The molecule has 0 aromatic heterocycles. The fraction of sp³-hybridized carbons (Fsp3) is 0.625. The second-order valence-electron chi connectivity index (χ2n) is 7.82. The van der Waals surface area contributed by atoms with Gasteiger partial charge in [0.05, 0.1) is 0 Å². The molecule has 0 aliphatic rings. The second-order valence-corrected chi connectivity index (χ2v) is 9.28. The maximum Gasteiger partial charge on any atom is 0.483 e. The van der Waals surface area contributed by atoms with Gasteiger partial charge in [0.1, 0.15) is 5.75 Å². The van der Waals surface area contributed by atoms with E-state index in [4.69, 9.17) is 4.55 Å². The largest absolute Gasteiger partial charge is 0.483 e. The number of rotatable bonds is 4. The number of hydrogen-bond acceptors (Lipinski definition) is 3. The van der Waals surface area contributed by atoms with E-state index in [1.165, 1.54) is 12.1 Å². The lowest BCUT2D eigenvalue weighted by Gasteiger charge is -2.30. The quantitative estimate of drug-likeness (QED) is 0.600. The van der Waals surface area contributed by atoms with Crippen LogP contribution >= 0.6 is 0 Å². The highest BCUT2D eigenvalue weighted by Gasteiger charge is 2.69. The highest BCUT2D eigenvalue weighted by Crippen LogP contribution is 2.43. The normalized spacial score (nSPS) is 14.5. The molecule has 0 unspecified atom stereocenters. The number of benzene rings is 1. The van der Waals surface area contributed by atoms with Crippen LogP contribution < -0.4 is 4.74 Å². The zero-order chi connectivity index (χ0) is 20.1. The van der Waals surface area contributed by atoms with Crippen LogP contribution in [0.5, 0.6) is 5.75 Å². The zero-order valence-corrected chi connectivity index (χ0v) is 15.6. The average molecular weight is 386 g/mol. The van der Waals surface area contributed by atoms with Crippen molar-refractivity contribution < 1.29 is 35.3 Å². The van der Waals surface area contributed by atoms with Crippen LogP contribution in [0.25, 0.3) is 0 Å². The van der Waals surface area contributed by atoms with E-state index in [0.29, 0.717) is 5.56 Å². The summed E-state index contributed by atoms with van der Waals surface area (Å²) in [5.74, 6) is -0.576. The summed E-state index contributed by atoms with van der Waals surface area (Å²) in [5.41, 5.74) is -0.516. The van der Waals surface area contributed by atoms with Crippen molar-refractivity contribution in [2.24, 2.45) is 0 Å². The third-order valence-electron chi connectivity index (χ3n) is 3.56. The highest BCUT2D eigenvalue weighted by atomic mass is 32.2. The molecular weight excluding hydrogens is 364 g/mol. The van der Waals surface area contributed by atoms with Crippen LogP contribution in [0.15, 0.2) is 18.2 Å². The molecule has 0 aliphatic carbocycles. The molecule has 1 N–H and O–H groups in total. The van der Waals surface area contributed by atoms with Gasteiger partial charge in [-0.05, 0) is 28.0 Å². The standard InChI is InChI=1S/C16H22F4O4S/c1-13(2,3)10-7-8-11(14(4,5)6)12(9-10)24-15(17,18)16(19,20)25(21,22)23/h7-9H,1-6H3,(H,21,22,23). The minimum absolute atomic E-state index is 0.186. The smallest absolute Gasteiger partial charge is 0.427 e. The Morgan fingerprint density at radius 1 is 0.920 bits per heavy atom. The molecule has 1 aromatic carbocycles. The van der Waals surface area contributed by atoms with Crippen LogP contribution in [0.2, 0.25) is 0 Å². The lowest BCUT2D eigenvalue weighted by atomic mass is 9.81. The highest BCUT2D eigenvalue weighted by molar-refractivity contribution is 7.86. The van der Waals surface area contributed by atoms with Gasteiger partial charge in [-0.2, -0.15) is 26.0 Å². The third-order valence-corrected chi connectivity index (χ3v) is 4.44. The molecule has 4 nitrogen and oxygen atoms in total. The molecule has 0 saturated heterocycles. The first kappa shape index (κ1) is 21.7. The molecule has 0 atom stereocenters. The Kier molecular flexibility index (Phi) is 5.31. The van der Waals surface area contributed by atoms with E-state index in [9.17, 15) is 26.0 Å². The van der Waals surface area contributed by atoms with Gasteiger partial charge >= 0.3 is 21.5 Å². The van der Waals surface area contributed by atoms with Crippen molar-refractivity contribution in [3.8, 4) is 5.75 Å². The Morgan fingerprint density at radius 3 is 1.76 bits per heavy atom. The van der Waals surface area contributed by atoms with Gasteiger partial charge in [0.2, 0.25) is 0 Å². The lowest BCUT2D eigenvalue weighted by Crippen LogP contribution is -2.50. The van der Waals surface area contributed by atoms with E-state index >= 15 is 0 Å². The third kappa shape index (κ3) is 4.44. The number of hydrogen-bond donors (Lipinski definition) is 1. The van der Waals surface area contributed by atoms with Crippen molar-refractivity contribution in [3.63, 3.8) is 0 Å². The summed E-state index contributed by atoms with van der Waals surface area (Å²) in [4.78, 5) is 0. The predicted octanol–water partition coefficient (Wildman–Crippen LogP) is 4.73. The molecule has 0 radical (unpaired) electrons. The molecule has 0 aliphatic heterocycles. The summed E-state index contributed by atoms with van der Waals surface area (Å²) >= 11 is 0. The van der Waals surface area contributed by atoms with Crippen molar-refractivity contribution in [1.82, 2.24) is 0 Å². The maximum absolute atomic E-state index is 13.9. The molecule has 25 heavy (non-hydrogen) atoms. The van der Waals surface area contributed by atoms with Gasteiger partial charge in [0.15, 0.2) is 0 Å². The van der Waals surface area contributed by atoms with Gasteiger partial charge in [0.25, 0.3) is 0 Å². The van der Waals surface area contributed by atoms with E-state index in [-0.39, 0.29) is 5.56 Å². The zero-order valence-electron chi connectivity index (χ0n) is 14.8. The van der Waals surface area contributed by atoms with E-state index in [2.05, 4.69) is 4.74 Å². The molecule has 0 spiro atoms. The molecule has 0 bridgehead atoms. The average Bonchev–Trinajstić information content (AvgIpc) is 2.34. The second kappa shape index (κ2) is 6.12. The monoisotopic (exact) mass is 386 g/mol. The Bertz CT molecular complexity index is 744. The number of halogens is 4. The van der Waals surface area contributed by atoms with Gasteiger partial charge in [-0.3, -0.25) is 4.55 Å². The van der Waals surface area contributed by atoms with E-state index in [1.54, 1.807) is 47.6 Å². The summed E-state index contributed by atoms with van der Waals surface area (Å²) in [6.07, 6.45) is -5.46. The molecule has 0 saturated carbocycles. The van der Waals surface area contributed by atoms with Crippen molar-refractivity contribution in [2.75, 3.05) is 0 Å². The van der Waals surface area contributed by atoms with Crippen LogP contribution in [-0.2, 0) is 20.9 Å². The van der Waals surface area contributed by atoms with Crippen LogP contribution in [0.3, 0.4) is 0 Å². The SMILES string of the molecule is CC(C)(C)c1ccc(C(C)(C)C)c(OC(F)(F)C(F)(F)S(=O)(=O)O)c1. The van der Waals surface area contributed by atoms with Gasteiger partial charge in [-0.25, -0.2) is 0 Å². The van der Waals surface area contributed by atoms with Crippen LogP contribution in [-0.4, -0.2) is 24.3 Å². The predicted molar refractivity (Wildman–Crippen MR) is 85.9 cm³/mol. The lowest BCUT2D eigenvalue weighted by molar-refractivity contribution is -0.275. The topological polar surface area (TPSA) is 63.6 Å². The minimum atomic E-state index is -6.38. The Balaban J connectivity index is 3.54. The first-order valence-electron chi connectivity index (χ1n) is 7.37. The minimum Gasteiger partial charge on any atom is -0.427 e. The molecule has 1 rings (SSSR count). The summed E-state index contributed by atoms with van der Waals surface area (Å²) in [6, 6.07) is 4.30. The van der Waals surface area contributed by atoms with Gasteiger partial charge in [-0.1, -0.05) is 53.7 Å². The summed E-state index contributed by atoms with van der Waals surface area (Å²) in [6.45, 7) is 10.3. The molecule has 9 heteroatoms. The summed E-state index contributed by atoms with van der Waals surface area (Å²) in [7, 11) is -6.38. The van der Waals surface area contributed by atoms with Crippen LogP contribution in [0.4, 0.5) is 17.6 Å². The van der Waals surface area contributed by atoms with Crippen molar-refractivity contribution in [3.05, 3.63) is 29.3 Å². The van der Waals surface area contributed by atoms with Crippen molar-refractivity contribution in [2.45, 2.75) is 63.7 Å². The summed E-state index contributed by atoms with van der Waals surface area (Å²) in [5, 5.41) is -5.80. The molecule has 144 valence electrons. The van der Waals surface area contributed by atoms with E-state index in [1.807, 2.05) is 0 Å². The Morgan fingerprint density at radius 2 is 1.40 bits per heavy atom. The molecule has 1 aromatic rings. The first-order valence-corrected chi connectivity index (χ1v) is 8.81. The first-order chi connectivity index (χ1) is 10.8. The Labute approximate surface area is 144 Å². The van der Waals surface area contributed by atoms with Crippen LogP contribution in [0, 0.1) is 0 Å². The van der Waals surface area contributed by atoms with Crippen LogP contribution in [0.1, 0.15) is 52.7 Å². The van der Waals surface area contributed by atoms with E-state index in [0.717, 1.165) is 0 Å². The van der Waals surface area contributed by atoms with Gasteiger partial charge in [-0.15, -0.1) is 0 Å². The van der Waals surface area contributed by atoms with Gasteiger partial charge < -0.3 is 4.74 Å². The number of alkyl halides is 4. The van der Waals surface area contributed by atoms with E-state index < -0.39 is 38.1 Å². The molecule has 0 amide bonds. The summed E-state index contributed by atoms with van der Waals surface area (Å²) < 4.78 is 88.5. The Hall–Kier alpha value is -1.35. The molecule has 0 fully saturated rings. The maximum atomic E-state index is 13.9. The number of ether oxygens (including phenoxy) is 1. The van der Waals surface area contributed by atoms with Crippen molar-refractivity contribution in [1.29, 1.82) is 0 Å². The van der Waals surface area contributed by atoms with Gasteiger partial charge in [0, 0.05) is 0 Å². The fourth-order valence-electron chi connectivity index (χ4n) is 2.04.